The molecule has 8 heteroatoms. The van der Waals surface area contributed by atoms with Crippen LogP contribution < -0.4 is 5.32 Å². The molecule has 1 aromatic carbocycles. The van der Waals surface area contributed by atoms with Crippen molar-refractivity contribution in [2.75, 3.05) is 0 Å². The lowest BCUT2D eigenvalue weighted by molar-refractivity contribution is -0.385. The summed E-state index contributed by atoms with van der Waals surface area (Å²) in [6, 6.07) is 4.96. The van der Waals surface area contributed by atoms with Crippen molar-refractivity contribution in [3.63, 3.8) is 0 Å². The average Bonchev–Trinajstić information content (AvgIpc) is 2.45. The number of rotatable bonds is 4. The third-order valence-electron chi connectivity index (χ3n) is 3.03. The molecule has 2 N–H and O–H groups in total. The Morgan fingerprint density at radius 2 is 2.19 bits per heavy atom. The summed E-state index contributed by atoms with van der Waals surface area (Å²) in [5, 5.41) is 24.5. The molecule has 1 atom stereocenters. The van der Waals surface area contributed by atoms with Crippen molar-refractivity contribution in [1.82, 2.24) is 5.32 Å². The van der Waals surface area contributed by atoms with E-state index in [-0.39, 0.29) is 16.8 Å². The van der Waals surface area contributed by atoms with Gasteiger partial charge in [-0.25, -0.2) is 4.79 Å². The first-order chi connectivity index (χ1) is 9.95. The van der Waals surface area contributed by atoms with Gasteiger partial charge in [0.25, 0.3) is 5.69 Å². The Morgan fingerprint density at radius 3 is 2.76 bits per heavy atom. The molecule has 0 saturated carbocycles. The number of hydrogen-bond donors (Lipinski definition) is 2. The molecule has 0 aliphatic carbocycles. The lowest BCUT2D eigenvalue weighted by Crippen LogP contribution is -2.32. The standard InChI is InChI=1S/C13H11N3O4S/c1-7-11(13(17)18)12(15-10(6-21)14-7)8-4-2-3-5-9(8)16(19)20/h2-6,12H,1H3,(H,14,15)(H,17,18). The van der Waals surface area contributed by atoms with E-state index in [0.29, 0.717) is 11.5 Å². The van der Waals surface area contributed by atoms with Crippen LogP contribution in [0.3, 0.4) is 0 Å². The molecule has 0 saturated heterocycles. The molecule has 1 aliphatic heterocycles. The number of carbonyl (C=O) groups is 1. The van der Waals surface area contributed by atoms with E-state index in [9.17, 15) is 20.0 Å². The number of nitrogens with zero attached hydrogens (tertiary/aromatic N) is 2. The molecule has 1 unspecified atom stereocenters. The minimum Gasteiger partial charge on any atom is -0.478 e. The van der Waals surface area contributed by atoms with Crippen LogP contribution in [0.2, 0.25) is 0 Å². The van der Waals surface area contributed by atoms with Gasteiger partial charge in [-0.05, 0) is 13.0 Å². The summed E-state index contributed by atoms with van der Waals surface area (Å²) in [6.07, 6.45) is 0. The molecule has 0 radical (unpaired) electrons. The number of benzene rings is 1. The highest BCUT2D eigenvalue weighted by molar-refractivity contribution is 7.80. The number of hydrogen-bond acceptors (Lipinski definition) is 6. The molecular formula is C13H11N3O4S. The third kappa shape index (κ3) is 2.79. The van der Waals surface area contributed by atoms with Crippen LogP contribution in [0, 0.1) is 10.1 Å². The molecule has 1 aromatic rings. The number of amidine groups is 1. The number of aliphatic carboxylic acids is 1. The van der Waals surface area contributed by atoms with E-state index >= 15 is 0 Å². The fourth-order valence-electron chi connectivity index (χ4n) is 2.15. The van der Waals surface area contributed by atoms with Crippen LogP contribution in [0.4, 0.5) is 5.69 Å². The van der Waals surface area contributed by atoms with E-state index in [0.717, 1.165) is 0 Å². The number of thiocarbonyl (C=S) groups is 1. The number of para-hydroxylation sites is 1. The highest BCUT2D eigenvalue weighted by Gasteiger charge is 2.32. The van der Waals surface area contributed by atoms with Gasteiger partial charge < -0.3 is 10.4 Å². The first-order valence-corrected chi connectivity index (χ1v) is 6.40. The van der Waals surface area contributed by atoms with Crippen molar-refractivity contribution in [2.24, 2.45) is 4.99 Å². The number of allylic oxidation sites excluding steroid dienone is 1. The second-order valence-corrected chi connectivity index (χ2v) is 4.56. The molecule has 0 amide bonds. The van der Waals surface area contributed by atoms with Crippen molar-refractivity contribution in [3.8, 4) is 0 Å². The van der Waals surface area contributed by atoms with Crippen molar-refractivity contribution < 1.29 is 14.8 Å². The van der Waals surface area contributed by atoms with Crippen LogP contribution in [0.25, 0.3) is 0 Å². The van der Waals surface area contributed by atoms with E-state index in [1.165, 1.54) is 23.6 Å². The van der Waals surface area contributed by atoms with Crippen molar-refractivity contribution in [1.29, 1.82) is 0 Å². The summed E-state index contributed by atoms with van der Waals surface area (Å²) >= 11 is 4.79. The van der Waals surface area contributed by atoms with Crippen molar-refractivity contribution in [2.45, 2.75) is 13.0 Å². The van der Waals surface area contributed by atoms with Gasteiger partial charge in [-0.1, -0.05) is 24.4 Å². The fourth-order valence-corrected chi connectivity index (χ4v) is 2.27. The van der Waals surface area contributed by atoms with Gasteiger partial charge in [0, 0.05) is 17.1 Å². The predicted octanol–water partition coefficient (Wildman–Crippen LogP) is 2.00. The molecule has 0 aromatic heterocycles. The highest BCUT2D eigenvalue weighted by atomic mass is 32.1. The lowest BCUT2D eigenvalue weighted by Gasteiger charge is -2.23. The fraction of sp³-hybridized carbons (Fsp3) is 0.154. The number of carboxylic acids is 1. The molecule has 0 fully saturated rings. The summed E-state index contributed by atoms with van der Waals surface area (Å²) in [4.78, 5) is 26.2. The van der Waals surface area contributed by atoms with Gasteiger partial charge in [0.05, 0.1) is 16.1 Å². The van der Waals surface area contributed by atoms with Crippen molar-refractivity contribution in [3.05, 3.63) is 51.2 Å². The Labute approximate surface area is 125 Å². The molecule has 21 heavy (non-hydrogen) atoms. The minimum atomic E-state index is -1.18. The van der Waals surface area contributed by atoms with Gasteiger partial charge in [-0.2, -0.15) is 0 Å². The Kier molecular flexibility index (Phi) is 4.08. The SMILES string of the molecule is CC1=C(C(=O)O)C(c2ccccc2[N+](=O)[O-])N=C(C=S)N1. The Bertz CT molecular complexity index is 696. The average molecular weight is 305 g/mol. The number of nitro groups is 1. The summed E-state index contributed by atoms with van der Waals surface area (Å²) < 4.78 is 0. The van der Waals surface area contributed by atoms with Crippen LogP contribution >= 0.6 is 12.2 Å². The van der Waals surface area contributed by atoms with Gasteiger partial charge in [0.2, 0.25) is 0 Å². The molecule has 108 valence electrons. The van der Waals surface area contributed by atoms with E-state index in [1.54, 1.807) is 13.0 Å². The molecule has 7 nitrogen and oxygen atoms in total. The van der Waals surface area contributed by atoms with E-state index in [2.05, 4.69) is 10.3 Å². The quantitative estimate of drug-likeness (QED) is 0.501. The first-order valence-electron chi connectivity index (χ1n) is 5.93. The first kappa shape index (κ1) is 14.8. The number of aliphatic imine (C=N–C) groups is 1. The highest BCUT2D eigenvalue weighted by Crippen LogP contribution is 2.35. The second-order valence-electron chi connectivity index (χ2n) is 4.32. The maximum atomic E-state index is 11.5. The van der Waals surface area contributed by atoms with Crippen LogP contribution in [0.15, 0.2) is 40.5 Å². The minimum absolute atomic E-state index is 0.0371. The number of nitrogens with one attached hydrogen (secondary N) is 1. The Morgan fingerprint density at radius 1 is 1.52 bits per heavy atom. The van der Waals surface area contributed by atoms with Gasteiger partial charge in [0.1, 0.15) is 11.9 Å². The zero-order valence-electron chi connectivity index (χ0n) is 10.9. The molecular weight excluding hydrogens is 294 g/mol. The smallest absolute Gasteiger partial charge is 0.335 e. The molecule has 2 rings (SSSR count). The summed E-state index contributed by atoms with van der Waals surface area (Å²) in [6.45, 7) is 1.57. The monoisotopic (exact) mass is 305 g/mol. The van der Waals surface area contributed by atoms with E-state index < -0.39 is 16.9 Å². The largest absolute Gasteiger partial charge is 0.478 e. The summed E-state index contributed by atoms with van der Waals surface area (Å²) in [5.74, 6) is -0.883. The Balaban J connectivity index is 2.65. The number of nitro benzene ring substituents is 1. The predicted molar refractivity (Wildman–Crippen MR) is 80.4 cm³/mol. The normalized spacial score (nSPS) is 17.8. The van der Waals surface area contributed by atoms with E-state index in [4.69, 9.17) is 12.2 Å². The summed E-state index contributed by atoms with van der Waals surface area (Å²) in [5.41, 5.74) is 0.361. The van der Waals surface area contributed by atoms with Gasteiger partial charge in [-0.3, -0.25) is 15.1 Å². The van der Waals surface area contributed by atoms with Gasteiger partial charge >= 0.3 is 5.97 Å². The molecule has 1 aliphatic rings. The van der Waals surface area contributed by atoms with Crippen LogP contribution in [-0.4, -0.2) is 27.2 Å². The zero-order valence-corrected chi connectivity index (χ0v) is 11.8. The van der Waals surface area contributed by atoms with Gasteiger partial charge in [0.15, 0.2) is 0 Å². The third-order valence-corrected chi connectivity index (χ3v) is 3.25. The van der Waals surface area contributed by atoms with Crippen molar-refractivity contribution >= 4 is 35.1 Å². The van der Waals surface area contributed by atoms with Crippen LogP contribution in [0.1, 0.15) is 18.5 Å². The van der Waals surface area contributed by atoms with E-state index in [1.807, 2.05) is 0 Å². The second kappa shape index (κ2) is 5.80. The van der Waals surface area contributed by atoms with Crippen LogP contribution in [-0.2, 0) is 4.79 Å². The maximum Gasteiger partial charge on any atom is 0.335 e. The topological polar surface area (TPSA) is 105 Å². The lowest BCUT2D eigenvalue weighted by atomic mass is 9.95. The Hall–Kier alpha value is -2.61. The molecule has 0 bridgehead atoms. The summed E-state index contributed by atoms with van der Waals surface area (Å²) in [7, 11) is 0. The zero-order chi connectivity index (χ0) is 15.6. The number of carboxylic acid groups (broad SMARTS) is 1. The molecule has 0 spiro atoms. The maximum absolute atomic E-state index is 11.5. The molecule has 1 heterocycles. The van der Waals surface area contributed by atoms with Gasteiger partial charge in [-0.15, -0.1) is 0 Å². The van der Waals surface area contributed by atoms with Crippen LogP contribution in [0.5, 0.6) is 0 Å².